The fourth-order valence-electron chi connectivity index (χ4n) is 3.37. The van der Waals surface area contributed by atoms with E-state index in [4.69, 9.17) is 10.5 Å². The van der Waals surface area contributed by atoms with Crippen LogP contribution in [0.15, 0.2) is 18.2 Å². The molecule has 0 atom stereocenters. The van der Waals surface area contributed by atoms with Gasteiger partial charge in [-0.2, -0.15) is 5.10 Å². The average molecular weight is 368 g/mol. The van der Waals surface area contributed by atoms with Crippen molar-refractivity contribution in [2.75, 3.05) is 19.4 Å². The third kappa shape index (κ3) is 2.59. The van der Waals surface area contributed by atoms with E-state index in [0.717, 1.165) is 39.2 Å². The van der Waals surface area contributed by atoms with Crippen molar-refractivity contribution in [2.45, 2.75) is 26.8 Å². The fraction of sp³-hybridized carbons (Fsp3) is 0.316. The molecular weight excluding hydrogens is 348 g/mol. The van der Waals surface area contributed by atoms with Gasteiger partial charge >= 0.3 is 0 Å². The van der Waals surface area contributed by atoms with Crippen LogP contribution in [0.4, 0.5) is 5.69 Å². The largest absolute Gasteiger partial charge is 0.497 e. The van der Waals surface area contributed by atoms with Gasteiger partial charge in [-0.1, -0.05) is 6.07 Å². The highest BCUT2D eigenvalue weighted by atomic mass is 32.1. The molecule has 0 unspecified atom stereocenters. The quantitative estimate of drug-likeness (QED) is 0.752. The van der Waals surface area contributed by atoms with Crippen molar-refractivity contribution in [2.24, 2.45) is 0 Å². The Balaban J connectivity index is 1.67. The number of aryl methyl sites for hydroxylation is 2. The number of methoxy groups -OCH3 is 1. The zero-order valence-corrected chi connectivity index (χ0v) is 15.8. The molecule has 134 valence electrons. The van der Waals surface area contributed by atoms with Gasteiger partial charge in [-0.05, 0) is 49.1 Å². The summed E-state index contributed by atoms with van der Waals surface area (Å²) in [7, 11) is 1.66. The number of ether oxygens (including phenoxy) is 1. The summed E-state index contributed by atoms with van der Waals surface area (Å²) >= 11 is 1.33. The van der Waals surface area contributed by atoms with Gasteiger partial charge in [-0.3, -0.25) is 4.79 Å². The topological polar surface area (TPSA) is 81.3 Å². The van der Waals surface area contributed by atoms with Gasteiger partial charge in [0, 0.05) is 18.5 Å². The van der Waals surface area contributed by atoms with Crippen molar-refractivity contribution < 1.29 is 9.53 Å². The minimum absolute atomic E-state index is 0.0379. The second-order valence-electron chi connectivity index (χ2n) is 6.55. The highest BCUT2D eigenvalue weighted by Crippen LogP contribution is 2.36. The predicted molar refractivity (Wildman–Crippen MR) is 103 cm³/mol. The van der Waals surface area contributed by atoms with E-state index in [0.29, 0.717) is 23.7 Å². The molecule has 3 heterocycles. The molecule has 1 aromatic carbocycles. The van der Waals surface area contributed by atoms with Gasteiger partial charge in [0.15, 0.2) is 0 Å². The summed E-state index contributed by atoms with van der Waals surface area (Å²) in [5.41, 5.74) is 11.0. The number of fused-ring (bicyclic) bond motifs is 2. The number of carbonyl (C=O) groups is 1. The molecule has 2 aromatic heterocycles. The molecule has 0 spiro atoms. The molecule has 4 rings (SSSR count). The number of aromatic nitrogens is 2. The maximum atomic E-state index is 13.1. The number of benzene rings is 1. The summed E-state index contributed by atoms with van der Waals surface area (Å²) in [6.45, 7) is 5.11. The van der Waals surface area contributed by atoms with Crippen molar-refractivity contribution >= 4 is 33.1 Å². The number of carbonyl (C=O) groups excluding carboxylic acids is 1. The Morgan fingerprint density at radius 2 is 2.08 bits per heavy atom. The molecule has 7 heteroatoms. The second kappa shape index (κ2) is 6.25. The molecule has 0 radical (unpaired) electrons. The predicted octanol–water partition coefficient (Wildman–Crippen LogP) is 3.10. The second-order valence-corrected chi connectivity index (χ2v) is 7.55. The Hall–Kier alpha value is -2.67. The molecule has 0 bridgehead atoms. The van der Waals surface area contributed by atoms with Crippen LogP contribution in [-0.2, 0) is 13.0 Å². The van der Waals surface area contributed by atoms with Crippen LogP contribution in [0, 0.1) is 13.8 Å². The summed E-state index contributed by atoms with van der Waals surface area (Å²) in [6, 6.07) is 6.01. The van der Waals surface area contributed by atoms with Crippen molar-refractivity contribution in [1.29, 1.82) is 0 Å². The number of amides is 1. The lowest BCUT2D eigenvalue weighted by Gasteiger charge is -2.29. The summed E-state index contributed by atoms with van der Waals surface area (Å²) in [4.78, 5) is 16.2. The van der Waals surface area contributed by atoms with Crippen LogP contribution >= 0.6 is 11.3 Å². The number of nitrogens with zero attached hydrogens (tertiary/aromatic N) is 3. The summed E-state index contributed by atoms with van der Waals surface area (Å²) in [5, 5.41) is 9.21. The molecule has 0 saturated heterocycles. The Morgan fingerprint density at radius 3 is 2.85 bits per heavy atom. The molecule has 0 aliphatic carbocycles. The van der Waals surface area contributed by atoms with E-state index in [-0.39, 0.29) is 5.91 Å². The van der Waals surface area contributed by atoms with E-state index in [1.807, 2.05) is 36.9 Å². The lowest BCUT2D eigenvalue weighted by molar-refractivity contribution is 0.0740. The van der Waals surface area contributed by atoms with E-state index in [1.165, 1.54) is 16.9 Å². The maximum Gasteiger partial charge on any atom is 0.266 e. The molecule has 1 amide bonds. The lowest BCUT2D eigenvalue weighted by atomic mass is 9.99. The Morgan fingerprint density at radius 1 is 1.27 bits per heavy atom. The molecule has 0 fully saturated rings. The van der Waals surface area contributed by atoms with E-state index in [9.17, 15) is 4.79 Å². The van der Waals surface area contributed by atoms with E-state index in [2.05, 4.69) is 10.2 Å². The number of nitrogen functional groups attached to an aromatic ring is 1. The molecule has 6 nitrogen and oxygen atoms in total. The van der Waals surface area contributed by atoms with Crippen LogP contribution in [0.1, 0.15) is 32.1 Å². The molecular formula is C19H20N4O2S. The minimum atomic E-state index is -0.0379. The Labute approximate surface area is 155 Å². The summed E-state index contributed by atoms with van der Waals surface area (Å²) in [6.07, 6.45) is 0.807. The smallest absolute Gasteiger partial charge is 0.266 e. The summed E-state index contributed by atoms with van der Waals surface area (Å²) < 4.78 is 5.29. The zero-order valence-electron chi connectivity index (χ0n) is 15.0. The average Bonchev–Trinajstić information content (AvgIpc) is 3.00. The van der Waals surface area contributed by atoms with Crippen LogP contribution in [-0.4, -0.2) is 34.7 Å². The molecule has 2 N–H and O–H groups in total. The third-order valence-corrected chi connectivity index (χ3v) is 6.12. The highest BCUT2D eigenvalue weighted by Gasteiger charge is 2.27. The normalized spacial score (nSPS) is 13.7. The van der Waals surface area contributed by atoms with E-state index >= 15 is 0 Å². The van der Waals surface area contributed by atoms with Gasteiger partial charge in [0.2, 0.25) is 0 Å². The first-order valence-corrected chi connectivity index (χ1v) is 9.28. The number of nitrogens with two attached hydrogens (primary N) is 1. The SMILES string of the molecule is COc1ccc2c(c1)CCN(C(=O)c1sc3nnc(C)c(C)c3c1N)C2. The van der Waals surface area contributed by atoms with Gasteiger partial charge < -0.3 is 15.4 Å². The molecule has 1 aliphatic heterocycles. The standard InChI is InChI=1S/C19H20N4O2S/c1-10-11(2)21-22-18-15(10)16(20)17(26-18)19(24)23-7-6-12-8-14(25-3)5-4-13(12)9-23/h4-5,8H,6-7,9,20H2,1-3H3. The van der Waals surface area contributed by atoms with E-state index < -0.39 is 0 Å². The van der Waals surface area contributed by atoms with Gasteiger partial charge in [-0.25, -0.2) is 0 Å². The van der Waals surface area contributed by atoms with Crippen molar-refractivity contribution in [1.82, 2.24) is 15.1 Å². The van der Waals surface area contributed by atoms with Gasteiger partial charge in [-0.15, -0.1) is 16.4 Å². The number of thiophene rings is 1. The number of rotatable bonds is 2. The first-order chi connectivity index (χ1) is 12.5. The molecule has 3 aromatic rings. The number of hydrogen-bond donors (Lipinski definition) is 1. The van der Waals surface area contributed by atoms with Crippen LogP contribution < -0.4 is 10.5 Å². The zero-order chi connectivity index (χ0) is 18.4. The Bertz CT molecular complexity index is 1030. The van der Waals surface area contributed by atoms with Crippen LogP contribution in [0.2, 0.25) is 0 Å². The first kappa shape index (κ1) is 16.8. The number of hydrogen-bond acceptors (Lipinski definition) is 6. The van der Waals surface area contributed by atoms with Crippen LogP contribution in [0.25, 0.3) is 10.2 Å². The van der Waals surface area contributed by atoms with Gasteiger partial charge in [0.25, 0.3) is 5.91 Å². The monoisotopic (exact) mass is 368 g/mol. The highest BCUT2D eigenvalue weighted by molar-refractivity contribution is 7.21. The van der Waals surface area contributed by atoms with Crippen molar-refractivity contribution in [3.63, 3.8) is 0 Å². The van der Waals surface area contributed by atoms with Crippen LogP contribution in [0.5, 0.6) is 5.75 Å². The summed E-state index contributed by atoms with van der Waals surface area (Å²) in [5.74, 6) is 0.811. The molecule has 26 heavy (non-hydrogen) atoms. The third-order valence-electron chi connectivity index (χ3n) is 5.04. The van der Waals surface area contributed by atoms with Crippen molar-refractivity contribution in [3.05, 3.63) is 45.5 Å². The first-order valence-electron chi connectivity index (χ1n) is 8.46. The Kier molecular flexibility index (Phi) is 4.03. The molecule has 0 saturated carbocycles. The maximum absolute atomic E-state index is 13.1. The van der Waals surface area contributed by atoms with Crippen LogP contribution in [0.3, 0.4) is 0 Å². The molecule has 1 aliphatic rings. The van der Waals surface area contributed by atoms with Gasteiger partial charge in [0.1, 0.15) is 15.5 Å². The van der Waals surface area contributed by atoms with Crippen molar-refractivity contribution in [3.8, 4) is 5.75 Å². The fourth-order valence-corrected chi connectivity index (χ4v) is 4.44. The van der Waals surface area contributed by atoms with E-state index in [1.54, 1.807) is 7.11 Å². The number of anilines is 1. The minimum Gasteiger partial charge on any atom is -0.497 e. The lowest BCUT2D eigenvalue weighted by Crippen LogP contribution is -2.35. The van der Waals surface area contributed by atoms with Gasteiger partial charge in [0.05, 0.1) is 18.5 Å².